The number of fused-ring (bicyclic) bond motifs is 3. The van der Waals surface area contributed by atoms with Gasteiger partial charge in [-0.2, -0.15) is 5.10 Å². The van der Waals surface area contributed by atoms with Gasteiger partial charge in [0.1, 0.15) is 11.6 Å². The molecule has 1 unspecified atom stereocenters. The molecular weight excluding hydrogens is 951 g/mol. The number of ether oxygens (including phenoxy) is 1. The van der Waals surface area contributed by atoms with Crippen LogP contribution in [0.25, 0.3) is 32.2 Å². The van der Waals surface area contributed by atoms with Gasteiger partial charge in [0.2, 0.25) is 11.8 Å². The fraction of sp³-hybridized carbons (Fsp3) is 0.397. The molecular formula is C58H63N9O6S. The first-order valence-corrected chi connectivity index (χ1v) is 26.9. The van der Waals surface area contributed by atoms with E-state index in [0.29, 0.717) is 60.3 Å². The van der Waals surface area contributed by atoms with E-state index in [2.05, 4.69) is 57.5 Å². The third kappa shape index (κ3) is 9.84. The Kier molecular flexibility index (Phi) is 13.4. The molecule has 7 aromatic rings. The van der Waals surface area contributed by atoms with Crippen LogP contribution >= 0.6 is 11.3 Å². The minimum absolute atomic E-state index is 0.0101. The molecule has 1 saturated carbocycles. The van der Waals surface area contributed by atoms with Gasteiger partial charge >= 0.3 is 5.97 Å². The highest BCUT2D eigenvalue weighted by molar-refractivity contribution is 7.22. The molecule has 3 aromatic heterocycles. The molecule has 3 N–H and O–H groups in total. The van der Waals surface area contributed by atoms with Crippen LogP contribution in [0.3, 0.4) is 0 Å². The van der Waals surface area contributed by atoms with Crippen molar-refractivity contribution >= 4 is 72.8 Å². The largest absolute Gasteiger partial charge is 0.490 e. The first-order chi connectivity index (χ1) is 35.8. The van der Waals surface area contributed by atoms with E-state index >= 15 is 0 Å². The summed E-state index contributed by atoms with van der Waals surface area (Å²) in [4.78, 5) is 67.6. The van der Waals surface area contributed by atoms with Gasteiger partial charge in [0.25, 0.3) is 5.91 Å². The average Bonchev–Trinajstić information content (AvgIpc) is 3.96. The van der Waals surface area contributed by atoms with Crippen LogP contribution in [0, 0.1) is 12.8 Å². The fourth-order valence-corrected chi connectivity index (χ4v) is 12.8. The number of rotatable bonds is 13. The maximum atomic E-state index is 13.7. The van der Waals surface area contributed by atoms with E-state index in [1.165, 1.54) is 17.8 Å². The average molecular weight is 1010 g/mol. The lowest BCUT2D eigenvalue weighted by Crippen LogP contribution is -2.59. The van der Waals surface area contributed by atoms with Crippen molar-refractivity contribution in [1.29, 1.82) is 0 Å². The molecule has 6 heterocycles. The van der Waals surface area contributed by atoms with Gasteiger partial charge in [0.05, 0.1) is 33.4 Å². The van der Waals surface area contributed by atoms with E-state index in [-0.39, 0.29) is 35.1 Å². The number of aryl methyl sites for hydroxylation is 1. The number of carboxylic acid groups (broad SMARTS) is 1. The summed E-state index contributed by atoms with van der Waals surface area (Å²) in [5.41, 5.74) is 8.45. The Morgan fingerprint density at radius 2 is 1.70 bits per heavy atom. The van der Waals surface area contributed by atoms with Crippen molar-refractivity contribution in [3.8, 4) is 16.9 Å². The number of nitrogens with zero attached hydrogens (tertiary/aromatic N) is 7. The van der Waals surface area contributed by atoms with Crippen molar-refractivity contribution in [3.63, 3.8) is 0 Å². The van der Waals surface area contributed by atoms with Crippen molar-refractivity contribution in [1.82, 2.24) is 30.0 Å². The summed E-state index contributed by atoms with van der Waals surface area (Å²) < 4.78 is 9.58. The molecule has 0 bridgehead atoms. The molecule has 4 aromatic carbocycles. The zero-order chi connectivity index (χ0) is 51.3. The van der Waals surface area contributed by atoms with Crippen LogP contribution in [0.5, 0.6) is 5.75 Å². The zero-order valence-corrected chi connectivity index (χ0v) is 43.3. The zero-order valence-electron chi connectivity index (χ0n) is 42.5. The molecule has 0 spiro atoms. The molecule has 1 aliphatic carbocycles. The van der Waals surface area contributed by atoms with Gasteiger partial charge in [-0.3, -0.25) is 34.6 Å². The first-order valence-electron chi connectivity index (χ1n) is 26.1. The number of piperazine rings is 1. The predicted octanol–water partition coefficient (Wildman–Crippen LogP) is 9.91. The third-order valence-corrected chi connectivity index (χ3v) is 17.0. The highest BCUT2D eigenvalue weighted by Crippen LogP contribution is 2.39. The molecule has 382 valence electrons. The Morgan fingerprint density at radius 1 is 0.878 bits per heavy atom. The molecule has 3 fully saturated rings. The van der Waals surface area contributed by atoms with Crippen LogP contribution in [0.1, 0.15) is 114 Å². The van der Waals surface area contributed by atoms with Crippen LogP contribution < -0.4 is 25.2 Å². The van der Waals surface area contributed by atoms with Crippen LogP contribution in [0.2, 0.25) is 0 Å². The van der Waals surface area contributed by atoms with Crippen molar-refractivity contribution < 1.29 is 29.0 Å². The lowest BCUT2D eigenvalue weighted by Gasteiger charge is -2.48. The number of carbonyl (C=O) groups excluding carboxylic acids is 3. The minimum atomic E-state index is -1.10. The van der Waals surface area contributed by atoms with Crippen LogP contribution in [0.4, 0.5) is 16.6 Å². The molecule has 3 aliphatic heterocycles. The van der Waals surface area contributed by atoms with E-state index < -0.39 is 11.9 Å². The van der Waals surface area contributed by atoms with Crippen molar-refractivity contribution in [2.75, 3.05) is 47.8 Å². The second-order valence-corrected chi connectivity index (χ2v) is 22.2. The number of aromatic carboxylic acids is 1. The van der Waals surface area contributed by atoms with E-state index in [4.69, 9.17) is 14.8 Å². The van der Waals surface area contributed by atoms with Gasteiger partial charge in [0, 0.05) is 73.9 Å². The number of imide groups is 1. The highest BCUT2D eigenvalue weighted by atomic mass is 32.1. The van der Waals surface area contributed by atoms with Gasteiger partial charge in [-0.1, -0.05) is 47.7 Å². The summed E-state index contributed by atoms with van der Waals surface area (Å²) in [6.07, 6.45) is 8.13. The summed E-state index contributed by atoms with van der Waals surface area (Å²) in [5, 5.41) is 22.3. The fourth-order valence-electron chi connectivity index (χ4n) is 11.9. The maximum absolute atomic E-state index is 13.7. The van der Waals surface area contributed by atoms with Gasteiger partial charge in [-0.15, -0.1) is 0 Å². The standard InChI is InChI=1S/C58H63N9O6S/c1-35-40(41-23-25-50(60-53(41)56(71)72)65-29-27-37-11-7-13-42(45(37)33-65)54(69)62-57-59-46-14-5-6-16-49(46)74-57)12-8-15-48(35)73-39-20-17-36(18-21-39)10-9-28-67-31-30-66(34-58(67,2)3)38-19-22-43-47(32-38)64(4)63-52(43)44-24-26-51(68)61-55(44)70/h5-8,11-16,19,22-23,25,32,36,39,44H,9-10,17-18,20-21,24,26-31,33-34H2,1-4H3,(H,71,72)(H,59,62,69)(H,61,68,70)/t36-,39-,44?. The molecule has 0 radical (unpaired) electrons. The number of hydrogen-bond donors (Lipinski definition) is 3. The summed E-state index contributed by atoms with van der Waals surface area (Å²) in [6, 6.07) is 29.6. The number of piperidine rings is 1. The molecule has 11 rings (SSSR count). The normalized spacial score (nSPS) is 20.1. The van der Waals surface area contributed by atoms with E-state index in [1.54, 1.807) is 0 Å². The molecule has 74 heavy (non-hydrogen) atoms. The number of thiazole rings is 1. The molecule has 16 heteroatoms. The first kappa shape index (κ1) is 49.1. The Balaban J connectivity index is 0.677. The van der Waals surface area contributed by atoms with Gasteiger partial charge < -0.3 is 19.6 Å². The minimum Gasteiger partial charge on any atom is -0.490 e. The molecule has 3 amide bonds. The lowest BCUT2D eigenvalue weighted by atomic mass is 9.84. The maximum Gasteiger partial charge on any atom is 0.355 e. The van der Waals surface area contributed by atoms with Crippen LogP contribution in [-0.2, 0) is 29.6 Å². The topological polar surface area (TPSA) is 175 Å². The van der Waals surface area contributed by atoms with E-state index in [9.17, 15) is 24.3 Å². The second-order valence-electron chi connectivity index (χ2n) is 21.2. The second kappa shape index (κ2) is 20.3. The number of benzene rings is 4. The SMILES string of the molecule is Cc1c(O[C@H]2CC[C@H](CCCN3CCN(c4ccc5c(C6CCC(=O)NC6=O)nn(C)c5c4)CC3(C)C)CC2)cccc1-c1ccc(N2CCc3cccc(C(=O)Nc4nc5ccccc5s4)c3C2)nc1C(=O)O. The smallest absolute Gasteiger partial charge is 0.355 e. The highest BCUT2D eigenvalue weighted by Gasteiger charge is 2.36. The Bertz CT molecular complexity index is 3290. The van der Waals surface area contributed by atoms with Crippen molar-refractivity contribution in [2.24, 2.45) is 13.0 Å². The number of carbonyl (C=O) groups is 4. The van der Waals surface area contributed by atoms with Crippen LogP contribution in [0.15, 0.2) is 91.0 Å². The Hall–Kier alpha value is -7.17. The number of para-hydroxylation sites is 1. The molecule has 15 nitrogen and oxygen atoms in total. The summed E-state index contributed by atoms with van der Waals surface area (Å²) in [7, 11) is 1.92. The molecule has 2 saturated heterocycles. The van der Waals surface area contributed by atoms with Crippen molar-refractivity contribution in [2.45, 2.75) is 103 Å². The molecule has 1 atom stereocenters. The predicted molar refractivity (Wildman–Crippen MR) is 289 cm³/mol. The lowest BCUT2D eigenvalue weighted by molar-refractivity contribution is -0.134. The van der Waals surface area contributed by atoms with E-state index in [0.717, 1.165) is 119 Å². The number of pyridine rings is 1. The van der Waals surface area contributed by atoms with Gasteiger partial charge in [-0.05, 0) is 161 Å². The number of carboxylic acids is 1. The van der Waals surface area contributed by atoms with Crippen LogP contribution in [-0.4, -0.2) is 97.8 Å². The summed E-state index contributed by atoms with van der Waals surface area (Å²) >= 11 is 1.44. The van der Waals surface area contributed by atoms with Gasteiger partial charge in [0.15, 0.2) is 10.8 Å². The number of anilines is 3. The third-order valence-electron chi connectivity index (χ3n) is 16.0. The quantitative estimate of drug-likeness (QED) is 0.0935. The summed E-state index contributed by atoms with van der Waals surface area (Å²) in [5.74, 6) is -0.254. The van der Waals surface area contributed by atoms with E-state index in [1.807, 2.05) is 96.3 Å². The number of aromatic nitrogens is 4. The Morgan fingerprint density at radius 3 is 2.50 bits per heavy atom. The van der Waals surface area contributed by atoms with Crippen molar-refractivity contribution in [3.05, 3.63) is 125 Å². The van der Waals surface area contributed by atoms with Gasteiger partial charge in [-0.25, -0.2) is 14.8 Å². The Labute approximate surface area is 434 Å². The monoisotopic (exact) mass is 1010 g/mol. The number of amides is 3. The molecule has 4 aliphatic rings. The number of nitrogens with one attached hydrogen (secondary N) is 2. The number of hydrogen-bond acceptors (Lipinski definition) is 12. The summed E-state index contributed by atoms with van der Waals surface area (Å²) in [6.45, 7) is 11.6.